The van der Waals surface area contributed by atoms with Gasteiger partial charge in [-0.25, -0.2) is 9.18 Å². The highest BCUT2D eigenvalue weighted by atomic mass is 35.5. The Morgan fingerprint density at radius 1 is 1.22 bits per heavy atom. The number of fused-ring (bicyclic) bond motifs is 1. The molecule has 0 aliphatic carbocycles. The zero-order chi connectivity index (χ0) is 16.4. The van der Waals surface area contributed by atoms with Crippen LogP contribution in [0.1, 0.15) is 0 Å². The predicted molar refractivity (Wildman–Crippen MR) is 82.3 cm³/mol. The molecule has 1 heterocycles. The summed E-state index contributed by atoms with van der Waals surface area (Å²) in [6, 6.07) is 10.0. The normalized spacial score (nSPS) is 10.5. The van der Waals surface area contributed by atoms with E-state index in [4.69, 9.17) is 16.3 Å². The summed E-state index contributed by atoms with van der Waals surface area (Å²) in [5, 5.41) is 20.3. The molecule has 3 aromatic rings. The van der Waals surface area contributed by atoms with Gasteiger partial charge in [-0.3, -0.25) is 5.32 Å². The van der Waals surface area contributed by atoms with E-state index in [0.29, 0.717) is 10.7 Å². The van der Waals surface area contributed by atoms with E-state index in [1.54, 1.807) is 18.2 Å². The fraction of sp³-hybridized carbons (Fsp3) is 0. The molecule has 0 unspecified atom stereocenters. The monoisotopic (exact) mass is 333 g/mol. The van der Waals surface area contributed by atoms with Crippen molar-refractivity contribution >= 4 is 34.3 Å². The minimum atomic E-state index is -0.896. The Labute approximate surface area is 134 Å². The van der Waals surface area contributed by atoms with E-state index in [0.717, 1.165) is 6.07 Å². The molecule has 116 valence electrons. The van der Waals surface area contributed by atoms with Gasteiger partial charge in [0.1, 0.15) is 5.82 Å². The zero-order valence-electron chi connectivity index (χ0n) is 11.5. The average molecular weight is 334 g/mol. The SMILES string of the molecule is O=C(Nc1cccc(Cl)c1)Oc1nnc2ccc(F)cc2c1O. The van der Waals surface area contributed by atoms with Gasteiger partial charge in [-0.15, -0.1) is 10.2 Å². The van der Waals surface area contributed by atoms with E-state index in [2.05, 4.69) is 15.5 Å². The van der Waals surface area contributed by atoms with Gasteiger partial charge in [-0.05, 0) is 36.4 Å². The Hall–Kier alpha value is -2.93. The lowest BCUT2D eigenvalue weighted by atomic mass is 10.2. The summed E-state index contributed by atoms with van der Waals surface area (Å²) < 4.78 is 18.1. The van der Waals surface area contributed by atoms with E-state index >= 15 is 0 Å². The summed E-state index contributed by atoms with van der Waals surface area (Å²) in [6.07, 6.45) is -0.896. The van der Waals surface area contributed by atoms with E-state index in [-0.39, 0.29) is 10.9 Å². The molecule has 0 fully saturated rings. The van der Waals surface area contributed by atoms with Gasteiger partial charge in [0.2, 0.25) is 0 Å². The first-order valence-electron chi connectivity index (χ1n) is 6.42. The van der Waals surface area contributed by atoms with Crippen LogP contribution in [0.15, 0.2) is 42.5 Å². The van der Waals surface area contributed by atoms with Crippen molar-refractivity contribution < 1.29 is 19.0 Å². The van der Waals surface area contributed by atoms with Crippen molar-refractivity contribution in [2.24, 2.45) is 0 Å². The number of rotatable bonds is 2. The summed E-state index contributed by atoms with van der Waals surface area (Å²) in [6.45, 7) is 0. The van der Waals surface area contributed by atoms with Crippen molar-refractivity contribution in [1.29, 1.82) is 0 Å². The molecule has 0 aliphatic heterocycles. The molecule has 0 bridgehead atoms. The molecular weight excluding hydrogens is 325 g/mol. The molecule has 0 saturated carbocycles. The molecule has 0 spiro atoms. The number of nitrogens with one attached hydrogen (secondary N) is 1. The second kappa shape index (κ2) is 6.05. The topological polar surface area (TPSA) is 84.3 Å². The summed E-state index contributed by atoms with van der Waals surface area (Å²) in [7, 11) is 0. The lowest BCUT2D eigenvalue weighted by molar-refractivity contribution is 0.210. The van der Waals surface area contributed by atoms with E-state index in [1.165, 1.54) is 18.2 Å². The molecule has 2 aromatic carbocycles. The van der Waals surface area contributed by atoms with Crippen LogP contribution in [0.2, 0.25) is 5.02 Å². The fourth-order valence-corrected chi connectivity index (χ4v) is 2.10. The van der Waals surface area contributed by atoms with Gasteiger partial charge in [-0.2, -0.15) is 0 Å². The molecule has 0 saturated heterocycles. The number of hydrogen-bond donors (Lipinski definition) is 2. The molecule has 1 aromatic heterocycles. The maximum absolute atomic E-state index is 13.2. The Morgan fingerprint density at radius 2 is 2.04 bits per heavy atom. The van der Waals surface area contributed by atoms with Gasteiger partial charge < -0.3 is 9.84 Å². The summed E-state index contributed by atoms with van der Waals surface area (Å²) >= 11 is 5.80. The number of carbonyl (C=O) groups is 1. The van der Waals surface area contributed by atoms with Crippen LogP contribution in [-0.2, 0) is 0 Å². The molecule has 1 amide bonds. The predicted octanol–water partition coefficient (Wildman–Crippen LogP) is 3.74. The van der Waals surface area contributed by atoms with Crippen LogP contribution in [-0.4, -0.2) is 21.4 Å². The number of carbonyl (C=O) groups excluding carboxylic acids is 1. The van der Waals surface area contributed by atoms with Crippen molar-refractivity contribution in [2.45, 2.75) is 0 Å². The van der Waals surface area contributed by atoms with Crippen LogP contribution in [0.25, 0.3) is 10.9 Å². The van der Waals surface area contributed by atoms with Gasteiger partial charge in [-0.1, -0.05) is 17.7 Å². The van der Waals surface area contributed by atoms with E-state index in [9.17, 15) is 14.3 Å². The number of benzene rings is 2. The number of nitrogens with zero attached hydrogens (tertiary/aromatic N) is 2. The zero-order valence-corrected chi connectivity index (χ0v) is 12.2. The highest BCUT2D eigenvalue weighted by Gasteiger charge is 2.15. The molecule has 0 atom stereocenters. The van der Waals surface area contributed by atoms with Crippen molar-refractivity contribution in [3.8, 4) is 11.6 Å². The van der Waals surface area contributed by atoms with Crippen molar-refractivity contribution in [2.75, 3.05) is 5.32 Å². The Morgan fingerprint density at radius 3 is 2.83 bits per heavy atom. The minimum Gasteiger partial charge on any atom is -0.503 e. The molecule has 2 N–H and O–H groups in total. The number of aromatic nitrogens is 2. The Bertz CT molecular complexity index is 904. The first kappa shape index (κ1) is 15.0. The van der Waals surface area contributed by atoms with Gasteiger partial charge in [0, 0.05) is 10.7 Å². The highest BCUT2D eigenvalue weighted by Crippen LogP contribution is 2.31. The smallest absolute Gasteiger partial charge is 0.418 e. The fourth-order valence-electron chi connectivity index (χ4n) is 1.91. The average Bonchev–Trinajstić information content (AvgIpc) is 2.50. The minimum absolute atomic E-state index is 0.0885. The molecule has 0 aliphatic rings. The number of amides is 1. The highest BCUT2D eigenvalue weighted by molar-refractivity contribution is 6.30. The number of hydrogen-bond acceptors (Lipinski definition) is 5. The number of halogens is 2. The van der Waals surface area contributed by atoms with Crippen LogP contribution in [0.5, 0.6) is 11.6 Å². The third-order valence-electron chi connectivity index (χ3n) is 2.93. The van der Waals surface area contributed by atoms with E-state index in [1.807, 2.05) is 0 Å². The lowest BCUT2D eigenvalue weighted by Gasteiger charge is -2.08. The number of ether oxygens (including phenoxy) is 1. The van der Waals surface area contributed by atoms with Crippen molar-refractivity contribution in [3.05, 3.63) is 53.3 Å². The van der Waals surface area contributed by atoms with Crippen molar-refractivity contribution in [3.63, 3.8) is 0 Å². The van der Waals surface area contributed by atoms with Gasteiger partial charge in [0.25, 0.3) is 5.88 Å². The summed E-state index contributed by atoms with van der Waals surface area (Å²) in [5.41, 5.74) is 0.674. The second-order valence-electron chi connectivity index (χ2n) is 4.54. The molecule has 8 heteroatoms. The summed E-state index contributed by atoms with van der Waals surface area (Å²) in [5.74, 6) is -1.46. The standard InChI is InChI=1S/C15H9ClFN3O3/c16-8-2-1-3-10(6-8)18-15(22)23-14-13(21)11-7-9(17)4-5-12(11)19-20-14/h1-7H,(H,18,22)(H,19,21). The number of anilines is 1. The Kier molecular flexibility index (Phi) is 3.94. The quantitative estimate of drug-likeness (QED) is 0.746. The first-order valence-corrected chi connectivity index (χ1v) is 6.80. The summed E-state index contributed by atoms with van der Waals surface area (Å²) in [4.78, 5) is 11.8. The molecular formula is C15H9ClFN3O3. The van der Waals surface area contributed by atoms with Crippen molar-refractivity contribution in [1.82, 2.24) is 10.2 Å². The molecule has 3 rings (SSSR count). The van der Waals surface area contributed by atoms with Crippen LogP contribution >= 0.6 is 11.6 Å². The molecule has 6 nitrogen and oxygen atoms in total. The first-order chi connectivity index (χ1) is 11.0. The van der Waals surface area contributed by atoms with Crippen LogP contribution in [0.3, 0.4) is 0 Å². The third-order valence-corrected chi connectivity index (χ3v) is 3.16. The van der Waals surface area contributed by atoms with Gasteiger partial charge in [0.15, 0.2) is 5.75 Å². The largest absolute Gasteiger partial charge is 0.503 e. The van der Waals surface area contributed by atoms with Crippen LogP contribution in [0.4, 0.5) is 14.9 Å². The Balaban J connectivity index is 1.83. The molecule has 23 heavy (non-hydrogen) atoms. The maximum Gasteiger partial charge on any atom is 0.418 e. The second-order valence-corrected chi connectivity index (χ2v) is 4.98. The van der Waals surface area contributed by atoms with Crippen LogP contribution in [0, 0.1) is 5.82 Å². The maximum atomic E-state index is 13.2. The van der Waals surface area contributed by atoms with Gasteiger partial charge in [0.05, 0.1) is 10.9 Å². The van der Waals surface area contributed by atoms with Gasteiger partial charge >= 0.3 is 6.09 Å². The molecule has 0 radical (unpaired) electrons. The number of aromatic hydroxyl groups is 1. The van der Waals surface area contributed by atoms with Crippen LogP contribution < -0.4 is 10.1 Å². The van der Waals surface area contributed by atoms with E-state index < -0.39 is 23.5 Å². The third kappa shape index (κ3) is 3.29. The lowest BCUT2D eigenvalue weighted by Crippen LogP contribution is -2.17.